The van der Waals surface area contributed by atoms with Crippen molar-refractivity contribution < 1.29 is 4.52 Å². The van der Waals surface area contributed by atoms with Gasteiger partial charge in [0.1, 0.15) is 0 Å². The molecule has 0 saturated carbocycles. The highest BCUT2D eigenvalue weighted by atomic mass is 35.5. The molecule has 0 radical (unpaired) electrons. The van der Waals surface area contributed by atoms with Crippen molar-refractivity contribution in [3.05, 3.63) is 34.1 Å². The summed E-state index contributed by atoms with van der Waals surface area (Å²) in [6, 6.07) is 5.19. The van der Waals surface area contributed by atoms with Gasteiger partial charge in [0, 0.05) is 22.0 Å². The van der Waals surface area contributed by atoms with Crippen LogP contribution in [0.15, 0.2) is 22.7 Å². The summed E-state index contributed by atoms with van der Waals surface area (Å²) in [7, 11) is 1.91. The maximum absolute atomic E-state index is 5.93. The zero-order valence-electron chi connectivity index (χ0n) is 9.91. The maximum Gasteiger partial charge on any atom is 0.227 e. The SMILES string of the molecule is CNCCCc1nc(-c2cc(Cl)cc(Cl)c2)no1. The Morgan fingerprint density at radius 2 is 1.94 bits per heavy atom. The number of aromatic nitrogens is 2. The van der Waals surface area contributed by atoms with Gasteiger partial charge in [-0.15, -0.1) is 0 Å². The van der Waals surface area contributed by atoms with E-state index in [0.29, 0.717) is 21.8 Å². The molecule has 0 spiro atoms. The summed E-state index contributed by atoms with van der Waals surface area (Å²) in [6.45, 7) is 0.917. The van der Waals surface area contributed by atoms with Gasteiger partial charge in [0.15, 0.2) is 0 Å². The number of benzene rings is 1. The highest BCUT2D eigenvalue weighted by molar-refractivity contribution is 6.35. The summed E-state index contributed by atoms with van der Waals surface area (Å²) in [4.78, 5) is 4.31. The van der Waals surface area contributed by atoms with E-state index in [0.717, 1.165) is 24.9 Å². The first-order valence-electron chi connectivity index (χ1n) is 5.62. The van der Waals surface area contributed by atoms with Crippen LogP contribution < -0.4 is 5.32 Å². The predicted octanol–water partition coefficient (Wildman–Crippen LogP) is 3.20. The number of nitrogens with one attached hydrogen (secondary N) is 1. The van der Waals surface area contributed by atoms with Crippen LogP contribution in [0.2, 0.25) is 10.0 Å². The van der Waals surface area contributed by atoms with Crippen molar-refractivity contribution in [3.8, 4) is 11.4 Å². The van der Waals surface area contributed by atoms with Crippen molar-refractivity contribution in [1.29, 1.82) is 0 Å². The van der Waals surface area contributed by atoms with E-state index in [2.05, 4.69) is 15.5 Å². The number of halogens is 2. The van der Waals surface area contributed by atoms with Gasteiger partial charge in [0.2, 0.25) is 11.7 Å². The van der Waals surface area contributed by atoms with Crippen molar-refractivity contribution in [2.75, 3.05) is 13.6 Å². The predicted molar refractivity (Wildman–Crippen MR) is 72.0 cm³/mol. The molecule has 0 unspecified atom stereocenters. The standard InChI is InChI=1S/C12H13Cl2N3O/c1-15-4-2-3-11-16-12(17-18-11)8-5-9(13)7-10(14)6-8/h5-7,15H,2-4H2,1H3. The summed E-state index contributed by atoms with van der Waals surface area (Å²) in [6.07, 6.45) is 1.70. The lowest BCUT2D eigenvalue weighted by atomic mass is 10.2. The fourth-order valence-electron chi connectivity index (χ4n) is 1.57. The van der Waals surface area contributed by atoms with E-state index in [4.69, 9.17) is 27.7 Å². The summed E-state index contributed by atoms with van der Waals surface area (Å²) in [5.74, 6) is 1.13. The fourth-order valence-corrected chi connectivity index (χ4v) is 2.10. The molecule has 2 aromatic rings. The number of hydrogen-bond donors (Lipinski definition) is 1. The Labute approximate surface area is 115 Å². The van der Waals surface area contributed by atoms with Crippen LogP contribution in [-0.4, -0.2) is 23.7 Å². The zero-order chi connectivity index (χ0) is 13.0. The average molecular weight is 286 g/mol. The summed E-state index contributed by atoms with van der Waals surface area (Å²) in [5.41, 5.74) is 0.760. The molecular weight excluding hydrogens is 273 g/mol. The van der Waals surface area contributed by atoms with Crippen LogP contribution in [0.1, 0.15) is 12.3 Å². The normalized spacial score (nSPS) is 10.8. The quantitative estimate of drug-likeness (QED) is 0.858. The van der Waals surface area contributed by atoms with Crippen LogP contribution in [0.25, 0.3) is 11.4 Å². The Morgan fingerprint density at radius 1 is 1.22 bits per heavy atom. The summed E-state index contributed by atoms with van der Waals surface area (Å²) in [5, 5.41) is 8.10. The number of rotatable bonds is 5. The van der Waals surface area contributed by atoms with Crippen LogP contribution in [0, 0.1) is 0 Å². The Hall–Kier alpha value is -1.10. The number of hydrogen-bond acceptors (Lipinski definition) is 4. The van der Waals surface area contributed by atoms with Gasteiger partial charge < -0.3 is 9.84 Å². The van der Waals surface area contributed by atoms with E-state index in [-0.39, 0.29) is 0 Å². The van der Waals surface area contributed by atoms with Crippen LogP contribution in [-0.2, 0) is 6.42 Å². The largest absolute Gasteiger partial charge is 0.339 e. The molecule has 0 atom stereocenters. The van der Waals surface area contributed by atoms with E-state index >= 15 is 0 Å². The maximum atomic E-state index is 5.93. The van der Waals surface area contributed by atoms with Crippen LogP contribution >= 0.6 is 23.2 Å². The lowest BCUT2D eigenvalue weighted by Gasteiger charge is -1.97. The Balaban J connectivity index is 2.13. The molecule has 0 saturated heterocycles. The molecule has 1 heterocycles. The first-order valence-corrected chi connectivity index (χ1v) is 6.38. The Bertz CT molecular complexity index is 508. The van der Waals surface area contributed by atoms with Crippen LogP contribution in [0.5, 0.6) is 0 Å². The molecule has 6 heteroatoms. The van der Waals surface area contributed by atoms with Gasteiger partial charge >= 0.3 is 0 Å². The molecule has 0 aliphatic carbocycles. The third-order valence-corrected chi connectivity index (χ3v) is 2.84. The van der Waals surface area contributed by atoms with Gasteiger partial charge in [-0.3, -0.25) is 0 Å². The van der Waals surface area contributed by atoms with Gasteiger partial charge in [0.25, 0.3) is 0 Å². The number of nitrogens with zero attached hydrogens (tertiary/aromatic N) is 2. The minimum absolute atomic E-state index is 0.513. The molecule has 0 aliphatic heterocycles. The molecular formula is C12H13Cl2N3O. The first-order chi connectivity index (χ1) is 8.69. The zero-order valence-corrected chi connectivity index (χ0v) is 11.4. The Morgan fingerprint density at radius 3 is 2.61 bits per heavy atom. The van der Waals surface area contributed by atoms with E-state index in [1.807, 2.05) is 7.05 Å². The lowest BCUT2D eigenvalue weighted by molar-refractivity contribution is 0.375. The smallest absolute Gasteiger partial charge is 0.227 e. The van der Waals surface area contributed by atoms with Crippen LogP contribution in [0.3, 0.4) is 0 Å². The average Bonchev–Trinajstić information content (AvgIpc) is 2.77. The molecule has 18 heavy (non-hydrogen) atoms. The lowest BCUT2D eigenvalue weighted by Crippen LogP contribution is -2.08. The molecule has 0 fully saturated rings. The van der Waals surface area contributed by atoms with Gasteiger partial charge in [-0.2, -0.15) is 4.98 Å². The van der Waals surface area contributed by atoms with Crippen LogP contribution in [0.4, 0.5) is 0 Å². The molecule has 0 amide bonds. The molecule has 96 valence electrons. The fraction of sp³-hybridized carbons (Fsp3) is 0.333. The van der Waals surface area contributed by atoms with Gasteiger partial charge in [0.05, 0.1) is 0 Å². The molecule has 4 nitrogen and oxygen atoms in total. The van der Waals surface area contributed by atoms with E-state index in [1.54, 1.807) is 18.2 Å². The third-order valence-electron chi connectivity index (χ3n) is 2.41. The topological polar surface area (TPSA) is 51.0 Å². The van der Waals surface area contributed by atoms with E-state index in [9.17, 15) is 0 Å². The van der Waals surface area contributed by atoms with E-state index in [1.165, 1.54) is 0 Å². The second-order valence-electron chi connectivity index (χ2n) is 3.88. The van der Waals surface area contributed by atoms with Crippen molar-refractivity contribution in [1.82, 2.24) is 15.5 Å². The third kappa shape index (κ3) is 3.45. The van der Waals surface area contributed by atoms with Crippen molar-refractivity contribution in [3.63, 3.8) is 0 Å². The minimum atomic E-state index is 0.513. The first kappa shape index (κ1) is 13.3. The van der Waals surface area contributed by atoms with Gasteiger partial charge in [-0.1, -0.05) is 28.4 Å². The van der Waals surface area contributed by atoms with E-state index < -0.39 is 0 Å². The second kappa shape index (κ2) is 6.18. The molecule has 2 rings (SSSR count). The molecule has 0 aliphatic rings. The molecule has 1 aromatic carbocycles. The molecule has 1 aromatic heterocycles. The highest BCUT2D eigenvalue weighted by Gasteiger charge is 2.09. The summed E-state index contributed by atoms with van der Waals surface area (Å²) < 4.78 is 5.17. The highest BCUT2D eigenvalue weighted by Crippen LogP contribution is 2.25. The number of aryl methyl sites for hydroxylation is 1. The molecule has 0 bridgehead atoms. The van der Waals surface area contributed by atoms with Gasteiger partial charge in [-0.25, -0.2) is 0 Å². The minimum Gasteiger partial charge on any atom is -0.339 e. The summed E-state index contributed by atoms with van der Waals surface area (Å²) >= 11 is 11.9. The van der Waals surface area contributed by atoms with Crippen molar-refractivity contribution in [2.24, 2.45) is 0 Å². The van der Waals surface area contributed by atoms with Gasteiger partial charge in [-0.05, 0) is 38.2 Å². The van der Waals surface area contributed by atoms with Crippen molar-refractivity contribution >= 4 is 23.2 Å². The molecule has 1 N–H and O–H groups in total. The monoisotopic (exact) mass is 285 g/mol. The van der Waals surface area contributed by atoms with Crippen molar-refractivity contribution in [2.45, 2.75) is 12.8 Å². The second-order valence-corrected chi connectivity index (χ2v) is 4.75. The Kier molecular flexibility index (Phi) is 4.58.